The van der Waals surface area contributed by atoms with Gasteiger partial charge in [-0.1, -0.05) is 83.7 Å². The van der Waals surface area contributed by atoms with E-state index in [1.807, 2.05) is 45.0 Å². The number of nitrogens with zero attached hydrogens (tertiary/aromatic N) is 2. The number of ether oxygens (including phenoxy) is 2. The minimum absolute atomic E-state index is 0.213. The van der Waals surface area contributed by atoms with Gasteiger partial charge in [-0.3, -0.25) is 9.69 Å². The Bertz CT molecular complexity index is 1190. The van der Waals surface area contributed by atoms with Gasteiger partial charge in [-0.2, -0.15) is 0 Å². The van der Waals surface area contributed by atoms with Crippen molar-refractivity contribution < 1.29 is 23.9 Å². The number of amides is 3. The number of unbranched alkanes of at least 4 members (excludes halogenated alkanes) is 2. The fourth-order valence-corrected chi connectivity index (χ4v) is 5.78. The Balaban J connectivity index is 1.66. The summed E-state index contributed by atoms with van der Waals surface area (Å²) < 4.78 is 11.9. The zero-order valence-corrected chi connectivity index (χ0v) is 27.7. The maximum absolute atomic E-state index is 13.5. The molecule has 242 valence electrons. The molecule has 2 aromatic carbocycles. The third-order valence-electron chi connectivity index (χ3n) is 8.82. The zero-order chi connectivity index (χ0) is 32.1. The summed E-state index contributed by atoms with van der Waals surface area (Å²) in [6, 6.07) is 14.2. The van der Waals surface area contributed by atoms with Gasteiger partial charge in [0.1, 0.15) is 17.8 Å². The molecular weight excluding hydrogens is 554 g/mol. The van der Waals surface area contributed by atoms with Crippen LogP contribution in [-0.2, 0) is 9.53 Å². The molecule has 3 amide bonds. The SMILES string of the molecule is CCCCN(CCCC)CCOC(=O)c1ccc(OC2N(C(=O)NC(CCC)c3ccc(C)cc3)C(=O)C2(CC)CC)cc1. The number of β-lactam (4-membered cyclic amide) rings is 1. The maximum atomic E-state index is 13.5. The number of nitrogens with one attached hydrogen (secondary N) is 1. The van der Waals surface area contributed by atoms with E-state index in [1.165, 1.54) is 4.90 Å². The van der Waals surface area contributed by atoms with E-state index in [1.54, 1.807) is 24.3 Å². The second-order valence-corrected chi connectivity index (χ2v) is 11.9. The van der Waals surface area contributed by atoms with Gasteiger partial charge < -0.3 is 14.8 Å². The molecule has 8 heteroatoms. The molecule has 3 rings (SSSR count). The topological polar surface area (TPSA) is 88.2 Å². The van der Waals surface area contributed by atoms with Crippen molar-refractivity contribution >= 4 is 17.9 Å². The summed E-state index contributed by atoms with van der Waals surface area (Å²) in [5.74, 6) is -0.120. The number of urea groups is 1. The molecule has 44 heavy (non-hydrogen) atoms. The highest BCUT2D eigenvalue weighted by molar-refractivity contribution is 6.03. The normalized spacial score (nSPS) is 16.4. The van der Waals surface area contributed by atoms with Gasteiger partial charge in [-0.05, 0) is 81.9 Å². The lowest BCUT2D eigenvalue weighted by atomic mass is 9.72. The van der Waals surface area contributed by atoms with Crippen LogP contribution in [0.5, 0.6) is 5.75 Å². The average Bonchev–Trinajstić information content (AvgIpc) is 3.03. The molecule has 0 spiro atoms. The maximum Gasteiger partial charge on any atom is 0.338 e. The number of aryl methyl sites for hydroxylation is 1. The summed E-state index contributed by atoms with van der Waals surface area (Å²) in [4.78, 5) is 43.3. The molecule has 2 aromatic rings. The van der Waals surface area contributed by atoms with Crippen molar-refractivity contribution in [3.05, 3.63) is 65.2 Å². The van der Waals surface area contributed by atoms with Crippen molar-refractivity contribution in [2.75, 3.05) is 26.2 Å². The van der Waals surface area contributed by atoms with Crippen LogP contribution in [0.4, 0.5) is 4.79 Å². The molecule has 2 unspecified atom stereocenters. The molecule has 1 N–H and O–H groups in total. The lowest BCUT2D eigenvalue weighted by Crippen LogP contribution is -2.73. The van der Waals surface area contributed by atoms with Crippen molar-refractivity contribution in [2.45, 2.75) is 105 Å². The summed E-state index contributed by atoms with van der Waals surface area (Å²) >= 11 is 0. The Morgan fingerprint density at radius 3 is 2.05 bits per heavy atom. The fraction of sp³-hybridized carbons (Fsp3) is 0.583. The van der Waals surface area contributed by atoms with Gasteiger partial charge in [0.05, 0.1) is 11.6 Å². The van der Waals surface area contributed by atoms with Crippen LogP contribution in [0, 0.1) is 12.3 Å². The van der Waals surface area contributed by atoms with Crippen LogP contribution in [0.25, 0.3) is 0 Å². The quantitative estimate of drug-likeness (QED) is 0.138. The highest BCUT2D eigenvalue weighted by Crippen LogP contribution is 2.46. The Labute approximate surface area is 264 Å². The van der Waals surface area contributed by atoms with Crippen LogP contribution in [0.15, 0.2) is 48.5 Å². The number of rotatable bonds is 18. The van der Waals surface area contributed by atoms with Crippen LogP contribution < -0.4 is 10.1 Å². The van der Waals surface area contributed by atoms with Gasteiger partial charge in [0.25, 0.3) is 0 Å². The number of hydrogen-bond donors (Lipinski definition) is 1. The Hall–Kier alpha value is -3.39. The van der Waals surface area contributed by atoms with E-state index in [-0.39, 0.29) is 17.9 Å². The standard InChI is InChI=1S/C36H53N3O5/c1-7-12-23-38(24-13-8-2)25-26-43-32(40)29-19-21-30(22-20-29)44-34-36(10-4,11-5)33(41)39(34)35(42)37-31(14-9-3)28-17-15-27(6)16-18-28/h15-22,31,34H,7-14,23-26H2,1-6H3,(H,37,42). The van der Waals surface area contributed by atoms with Crippen molar-refractivity contribution in [1.29, 1.82) is 0 Å². The predicted molar refractivity (Wildman–Crippen MR) is 175 cm³/mol. The minimum atomic E-state index is -0.791. The lowest BCUT2D eigenvalue weighted by Gasteiger charge is -2.53. The van der Waals surface area contributed by atoms with E-state index >= 15 is 0 Å². The summed E-state index contributed by atoms with van der Waals surface area (Å²) in [6.45, 7) is 15.5. The Morgan fingerprint density at radius 1 is 0.886 bits per heavy atom. The summed E-state index contributed by atoms with van der Waals surface area (Å²) in [7, 11) is 0. The predicted octanol–water partition coefficient (Wildman–Crippen LogP) is 7.66. The second kappa shape index (κ2) is 17.2. The highest BCUT2D eigenvalue weighted by Gasteiger charge is 2.63. The molecule has 1 saturated heterocycles. The van der Waals surface area contributed by atoms with Crippen molar-refractivity contribution in [2.24, 2.45) is 5.41 Å². The molecule has 1 fully saturated rings. The molecule has 0 aromatic heterocycles. The van der Waals surface area contributed by atoms with Gasteiger partial charge in [0, 0.05) is 6.54 Å². The molecule has 8 nitrogen and oxygen atoms in total. The van der Waals surface area contributed by atoms with E-state index in [0.29, 0.717) is 30.8 Å². The Morgan fingerprint density at radius 2 is 1.50 bits per heavy atom. The number of carbonyl (C=O) groups excluding carboxylic acids is 3. The van der Waals surface area contributed by atoms with Crippen LogP contribution in [0.1, 0.15) is 114 Å². The number of hydrogen-bond acceptors (Lipinski definition) is 6. The smallest absolute Gasteiger partial charge is 0.338 e. The molecule has 1 aliphatic rings. The summed E-state index contributed by atoms with van der Waals surface area (Å²) in [5.41, 5.74) is 1.79. The van der Waals surface area contributed by atoms with Crippen LogP contribution in [-0.4, -0.2) is 60.2 Å². The van der Waals surface area contributed by atoms with E-state index in [4.69, 9.17) is 9.47 Å². The number of benzene rings is 2. The van der Waals surface area contributed by atoms with Crippen LogP contribution >= 0.6 is 0 Å². The lowest BCUT2D eigenvalue weighted by molar-refractivity contribution is -0.191. The Kier molecular flexibility index (Phi) is 13.7. The van der Waals surface area contributed by atoms with Gasteiger partial charge >= 0.3 is 12.0 Å². The van der Waals surface area contributed by atoms with Gasteiger partial charge in [-0.25, -0.2) is 14.5 Å². The first-order chi connectivity index (χ1) is 21.2. The molecule has 0 radical (unpaired) electrons. The van der Waals surface area contributed by atoms with E-state index in [2.05, 4.69) is 31.0 Å². The molecule has 0 saturated carbocycles. The second-order valence-electron chi connectivity index (χ2n) is 11.9. The molecule has 1 aliphatic heterocycles. The van der Waals surface area contributed by atoms with Crippen LogP contribution in [0.2, 0.25) is 0 Å². The number of likely N-dealkylation sites (tertiary alicyclic amines) is 1. The number of esters is 1. The van der Waals surface area contributed by atoms with Gasteiger partial charge in [0.2, 0.25) is 5.91 Å². The largest absolute Gasteiger partial charge is 0.469 e. The summed E-state index contributed by atoms with van der Waals surface area (Å²) in [5, 5.41) is 3.08. The highest BCUT2D eigenvalue weighted by atomic mass is 16.5. The molecule has 0 bridgehead atoms. The van der Waals surface area contributed by atoms with Crippen molar-refractivity contribution in [3.8, 4) is 5.75 Å². The first kappa shape index (κ1) is 35.1. The van der Waals surface area contributed by atoms with Crippen LogP contribution in [0.3, 0.4) is 0 Å². The third-order valence-corrected chi connectivity index (χ3v) is 8.82. The van der Waals surface area contributed by atoms with E-state index in [0.717, 1.165) is 69.3 Å². The first-order valence-corrected chi connectivity index (χ1v) is 16.6. The third kappa shape index (κ3) is 8.62. The molecule has 1 heterocycles. The molecular formula is C36H53N3O5. The van der Waals surface area contributed by atoms with Crippen molar-refractivity contribution in [1.82, 2.24) is 15.1 Å². The average molecular weight is 608 g/mol. The zero-order valence-electron chi connectivity index (χ0n) is 27.7. The van der Waals surface area contributed by atoms with Gasteiger partial charge in [0.15, 0.2) is 6.23 Å². The van der Waals surface area contributed by atoms with E-state index < -0.39 is 17.7 Å². The van der Waals surface area contributed by atoms with E-state index in [9.17, 15) is 14.4 Å². The number of imide groups is 1. The molecule has 0 aliphatic carbocycles. The first-order valence-electron chi connectivity index (χ1n) is 16.6. The minimum Gasteiger partial charge on any atom is -0.469 e. The molecule has 2 atom stereocenters. The summed E-state index contributed by atoms with van der Waals surface area (Å²) in [6.07, 6.45) is 6.52. The van der Waals surface area contributed by atoms with Gasteiger partial charge in [-0.15, -0.1) is 0 Å². The fourth-order valence-electron chi connectivity index (χ4n) is 5.78. The monoisotopic (exact) mass is 607 g/mol. The van der Waals surface area contributed by atoms with Crippen molar-refractivity contribution in [3.63, 3.8) is 0 Å². The number of carbonyl (C=O) groups is 3.